The van der Waals surface area contributed by atoms with E-state index in [0.717, 1.165) is 11.1 Å². The largest absolute Gasteiger partial charge is 1.00 e. The monoisotopic (exact) mass is 570 g/mol. The van der Waals surface area contributed by atoms with Crippen LogP contribution in [0.15, 0.2) is 42.5 Å². The van der Waals surface area contributed by atoms with Crippen LogP contribution in [-0.4, -0.2) is 14.5 Å². The van der Waals surface area contributed by atoms with E-state index >= 15 is 0 Å². The van der Waals surface area contributed by atoms with Gasteiger partial charge in [-0.1, -0.05) is 76.9 Å². The van der Waals surface area contributed by atoms with Crippen molar-refractivity contribution >= 4 is 15.7 Å². The Hall–Kier alpha value is -1.10. The molecular formula is C29H40Cl2O2STi-2. The Bertz CT molecular complexity index is 1020. The summed E-state index contributed by atoms with van der Waals surface area (Å²) in [5, 5.41) is 19.1. The van der Waals surface area contributed by atoms with Crippen molar-refractivity contribution in [3.8, 4) is 11.5 Å². The molecule has 1 aromatic heterocycles. The molecule has 0 saturated carbocycles. The van der Waals surface area contributed by atoms with Gasteiger partial charge >= 0.3 is 70.9 Å². The van der Waals surface area contributed by atoms with Crippen molar-refractivity contribution in [1.29, 1.82) is 0 Å². The molecule has 0 aliphatic heterocycles. The van der Waals surface area contributed by atoms with Gasteiger partial charge in [-0.05, 0) is 47.9 Å². The quantitative estimate of drug-likeness (QED) is 0.440. The van der Waals surface area contributed by atoms with Gasteiger partial charge in [0, 0.05) is 0 Å². The fraction of sp³-hybridized carbons (Fsp3) is 0.414. The Kier molecular flexibility index (Phi) is 15.7. The Morgan fingerprint density at radius 2 is 1.06 bits per heavy atom. The van der Waals surface area contributed by atoms with E-state index in [1.807, 2.05) is 49.4 Å². The maximum atomic E-state index is 9.57. The number of thiophene rings is 1. The molecule has 0 aliphatic carbocycles. The molecule has 0 bridgehead atoms. The van der Waals surface area contributed by atoms with Gasteiger partial charge in [0.1, 0.15) is 11.5 Å². The van der Waals surface area contributed by atoms with E-state index in [9.17, 15) is 10.2 Å². The summed E-state index contributed by atoms with van der Waals surface area (Å²) in [6.07, 6.45) is 0. The van der Waals surface area contributed by atoms with Gasteiger partial charge in [-0.3, -0.25) is 0 Å². The molecule has 0 unspecified atom stereocenters. The first-order valence-electron chi connectivity index (χ1n) is 11.2. The average Bonchev–Trinajstić information content (AvgIpc) is 3.02. The Labute approximate surface area is 240 Å². The molecule has 0 radical (unpaired) electrons. The van der Waals surface area contributed by atoms with Crippen LogP contribution in [0.3, 0.4) is 0 Å². The number of aryl methyl sites for hydroxylation is 4. The molecule has 0 aliphatic rings. The van der Waals surface area contributed by atoms with Gasteiger partial charge in [0.05, 0.1) is 0 Å². The van der Waals surface area contributed by atoms with Crippen molar-refractivity contribution < 1.29 is 55.0 Å². The fourth-order valence-electron chi connectivity index (χ4n) is 3.29. The SMILES string of the molecule is Cc1cc([CH]=[Ti])c(C)s1.Cc1ccc(O)c(C(C)(C)C)c1.Cc1ccc(O)c(C(C)(C)C)c1.[Cl-].[Cl-]. The van der Waals surface area contributed by atoms with Gasteiger partial charge in [0.15, 0.2) is 0 Å². The number of halogens is 2. The summed E-state index contributed by atoms with van der Waals surface area (Å²) < 4.78 is 2.15. The summed E-state index contributed by atoms with van der Waals surface area (Å²) in [6, 6.07) is 13.7. The van der Waals surface area contributed by atoms with E-state index in [2.05, 4.69) is 85.7 Å². The Morgan fingerprint density at radius 1 is 0.686 bits per heavy atom. The normalized spacial score (nSPS) is 10.4. The number of rotatable bonds is 1. The summed E-state index contributed by atoms with van der Waals surface area (Å²) in [4.78, 5) is 2.83. The number of aromatic hydroxyl groups is 2. The Morgan fingerprint density at radius 3 is 1.26 bits per heavy atom. The second kappa shape index (κ2) is 15.2. The van der Waals surface area contributed by atoms with Crippen molar-refractivity contribution in [3.63, 3.8) is 0 Å². The molecular weight excluding hydrogens is 531 g/mol. The molecule has 2 aromatic carbocycles. The maximum Gasteiger partial charge on any atom is 0.119 e. The zero-order valence-corrected chi connectivity index (χ0v) is 26.6. The minimum Gasteiger partial charge on any atom is -1.00 e. The summed E-state index contributed by atoms with van der Waals surface area (Å²) >= 11 is 3.94. The molecule has 0 spiro atoms. The van der Waals surface area contributed by atoms with Crippen LogP contribution in [0.5, 0.6) is 11.5 Å². The van der Waals surface area contributed by atoms with Crippen LogP contribution in [0.2, 0.25) is 0 Å². The van der Waals surface area contributed by atoms with Gasteiger partial charge in [-0.25, -0.2) is 0 Å². The minimum atomic E-state index is 0. The van der Waals surface area contributed by atoms with E-state index in [-0.39, 0.29) is 35.6 Å². The molecule has 0 saturated heterocycles. The standard InChI is InChI=1S/2C11H16O.C7H8S.2ClH.Ti/c2*1-8-5-6-10(12)9(7-8)11(2,3)4;1-5-4-6(2)8-7(5)3;;;/h2*5-7,12H,1-4H3;1,4H,2-3H3;2*1H;/p-2. The number of hydrogen-bond acceptors (Lipinski definition) is 3. The third-order valence-corrected chi connectivity index (χ3v) is 6.62. The van der Waals surface area contributed by atoms with E-state index in [1.54, 1.807) is 12.1 Å². The predicted octanol–water partition coefficient (Wildman–Crippen LogP) is 2.07. The molecule has 3 rings (SSSR count). The van der Waals surface area contributed by atoms with E-state index in [4.69, 9.17) is 0 Å². The molecule has 194 valence electrons. The van der Waals surface area contributed by atoms with Gasteiger partial charge in [-0.15, -0.1) is 0 Å². The average molecular weight is 571 g/mol. The first-order chi connectivity index (χ1) is 15.1. The fourth-order valence-corrected chi connectivity index (χ4v) is 4.83. The van der Waals surface area contributed by atoms with Crippen molar-refractivity contribution in [1.82, 2.24) is 0 Å². The predicted molar refractivity (Wildman–Crippen MR) is 142 cm³/mol. The van der Waals surface area contributed by atoms with Crippen molar-refractivity contribution in [2.75, 3.05) is 0 Å². The van der Waals surface area contributed by atoms with Gasteiger partial charge in [-0.2, -0.15) is 0 Å². The molecule has 2 N–H and O–H groups in total. The van der Waals surface area contributed by atoms with Crippen LogP contribution in [0.1, 0.15) is 79.1 Å². The van der Waals surface area contributed by atoms with E-state index < -0.39 is 0 Å². The van der Waals surface area contributed by atoms with Crippen LogP contribution in [0, 0.1) is 27.7 Å². The molecule has 0 atom stereocenters. The molecule has 35 heavy (non-hydrogen) atoms. The summed E-state index contributed by atoms with van der Waals surface area (Å²) in [7, 11) is 0. The summed E-state index contributed by atoms with van der Waals surface area (Å²) in [5.41, 5.74) is 5.85. The van der Waals surface area contributed by atoms with Crippen LogP contribution in [0.4, 0.5) is 0 Å². The molecule has 6 heteroatoms. The molecule has 3 aromatic rings. The first-order valence-corrected chi connectivity index (χ1v) is 13.0. The first kappa shape index (κ1) is 36.1. The van der Waals surface area contributed by atoms with Crippen LogP contribution in [-0.2, 0) is 30.8 Å². The smallest absolute Gasteiger partial charge is 0.119 e. The van der Waals surface area contributed by atoms with Crippen LogP contribution >= 0.6 is 11.3 Å². The van der Waals surface area contributed by atoms with Gasteiger partial charge in [0.2, 0.25) is 0 Å². The van der Waals surface area contributed by atoms with E-state index in [0.29, 0.717) is 11.5 Å². The van der Waals surface area contributed by atoms with Gasteiger partial charge < -0.3 is 35.0 Å². The molecule has 2 nitrogen and oxygen atoms in total. The zero-order valence-electron chi connectivity index (χ0n) is 22.7. The second-order valence-electron chi connectivity index (χ2n) is 10.6. The summed E-state index contributed by atoms with van der Waals surface area (Å²) in [5.74, 6) is 0.793. The maximum absolute atomic E-state index is 9.57. The zero-order chi connectivity index (χ0) is 25.6. The Balaban J connectivity index is 0. The summed E-state index contributed by atoms with van der Waals surface area (Å²) in [6.45, 7) is 21.0. The molecule has 0 amide bonds. The third kappa shape index (κ3) is 12.1. The number of benzene rings is 2. The number of phenolic OH excluding ortho intramolecular Hbond substituents is 2. The second-order valence-corrected chi connectivity index (χ2v) is 12.5. The topological polar surface area (TPSA) is 40.5 Å². The molecule has 0 fully saturated rings. The van der Waals surface area contributed by atoms with E-state index in [1.165, 1.54) is 26.4 Å². The van der Waals surface area contributed by atoms with Crippen molar-refractivity contribution in [3.05, 3.63) is 80.0 Å². The molecule has 1 heterocycles. The number of hydrogen-bond donors (Lipinski definition) is 2. The number of phenols is 2. The van der Waals surface area contributed by atoms with Crippen molar-refractivity contribution in [2.24, 2.45) is 0 Å². The van der Waals surface area contributed by atoms with Gasteiger partial charge in [0.25, 0.3) is 0 Å². The minimum absolute atomic E-state index is 0. The van der Waals surface area contributed by atoms with Crippen LogP contribution < -0.4 is 24.8 Å². The van der Waals surface area contributed by atoms with Crippen molar-refractivity contribution in [2.45, 2.75) is 80.1 Å². The third-order valence-electron chi connectivity index (χ3n) is 5.16. The van der Waals surface area contributed by atoms with Crippen LogP contribution in [0.25, 0.3) is 0 Å².